The minimum atomic E-state index is -0.118. The minimum absolute atomic E-state index is 0.118. The van der Waals surface area contributed by atoms with Gasteiger partial charge in [0.15, 0.2) is 0 Å². The number of hydrogen-bond donors (Lipinski definition) is 1. The summed E-state index contributed by atoms with van der Waals surface area (Å²) >= 11 is 0. The Kier molecular flexibility index (Phi) is 5.65. The fourth-order valence-corrected chi connectivity index (χ4v) is 2.38. The molecule has 0 aromatic carbocycles. The van der Waals surface area contributed by atoms with Crippen LogP contribution in [-0.4, -0.2) is 5.91 Å². The zero-order valence-corrected chi connectivity index (χ0v) is 9.13. The average Bonchev–Trinajstić information content (AvgIpc) is 2.15. The van der Waals surface area contributed by atoms with E-state index in [-0.39, 0.29) is 5.91 Å². The van der Waals surface area contributed by atoms with Crippen LogP contribution in [0.25, 0.3) is 0 Å². The number of carbonyl (C=O) groups is 1. The monoisotopic (exact) mass is 197 g/mol. The Morgan fingerprint density at radius 2 is 1.36 bits per heavy atom. The predicted molar refractivity (Wildman–Crippen MR) is 58.9 cm³/mol. The molecule has 1 amide bonds. The van der Waals surface area contributed by atoms with Crippen molar-refractivity contribution < 1.29 is 4.79 Å². The topological polar surface area (TPSA) is 43.1 Å². The van der Waals surface area contributed by atoms with Gasteiger partial charge in [-0.2, -0.15) is 0 Å². The van der Waals surface area contributed by atoms with E-state index in [0.29, 0.717) is 12.3 Å². The van der Waals surface area contributed by atoms with Gasteiger partial charge in [0, 0.05) is 6.42 Å². The molecule has 0 saturated heterocycles. The molecule has 14 heavy (non-hydrogen) atoms. The van der Waals surface area contributed by atoms with Gasteiger partial charge in [0.05, 0.1) is 0 Å². The van der Waals surface area contributed by atoms with Crippen molar-refractivity contribution in [2.45, 2.75) is 64.2 Å². The summed E-state index contributed by atoms with van der Waals surface area (Å²) in [6, 6.07) is 0. The predicted octanol–water partition coefficient (Wildman–Crippen LogP) is 3.00. The third-order valence-electron chi connectivity index (χ3n) is 3.21. The van der Waals surface area contributed by atoms with E-state index < -0.39 is 0 Å². The summed E-state index contributed by atoms with van der Waals surface area (Å²) in [7, 11) is 0. The first kappa shape index (κ1) is 11.5. The highest BCUT2D eigenvalue weighted by atomic mass is 16.1. The smallest absolute Gasteiger partial charge is 0.217 e. The molecule has 0 spiro atoms. The largest absolute Gasteiger partial charge is 0.370 e. The van der Waals surface area contributed by atoms with Gasteiger partial charge in [-0.1, -0.05) is 44.9 Å². The van der Waals surface area contributed by atoms with Crippen LogP contribution in [0.15, 0.2) is 0 Å². The zero-order chi connectivity index (χ0) is 10.2. The Bertz CT molecular complexity index is 158. The first-order chi connectivity index (χ1) is 6.79. The summed E-state index contributed by atoms with van der Waals surface area (Å²) in [5.41, 5.74) is 5.24. The summed E-state index contributed by atoms with van der Waals surface area (Å²) in [6.45, 7) is 0. The van der Waals surface area contributed by atoms with Crippen LogP contribution in [0.4, 0.5) is 0 Å². The molecule has 2 heteroatoms. The maximum absolute atomic E-state index is 10.8. The van der Waals surface area contributed by atoms with Crippen LogP contribution < -0.4 is 5.73 Å². The maximum atomic E-state index is 10.8. The Morgan fingerprint density at radius 1 is 0.929 bits per heavy atom. The highest BCUT2D eigenvalue weighted by Gasteiger charge is 2.12. The molecule has 2 N–H and O–H groups in total. The molecule has 0 aromatic heterocycles. The van der Waals surface area contributed by atoms with Crippen molar-refractivity contribution in [2.24, 2.45) is 11.7 Å². The Balaban J connectivity index is 2.26. The second kappa shape index (κ2) is 6.86. The standard InChI is InChI=1S/C12H23NO/c13-12(14)10-11-8-6-4-2-1-3-5-7-9-11/h11H,1-10H2,(H2,13,14). The first-order valence-electron chi connectivity index (χ1n) is 6.07. The molecule has 0 atom stereocenters. The lowest BCUT2D eigenvalue weighted by Gasteiger charge is -2.16. The molecular formula is C12H23NO. The molecule has 1 aliphatic rings. The average molecular weight is 197 g/mol. The van der Waals surface area contributed by atoms with E-state index in [0.717, 1.165) is 0 Å². The number of hydrogen-bond acceptors (Lipinski definition) is 1. The van der Waals surface area contributed by atoms with Crippen LogP contribution in [0.5, 0.6) is 0 Å². The summed E-state index contributed by atoms with van der Waals surface area (Å²) in [5.74, 6) is 0.456. The van der Waals surface area contributed by atoms with Gasteiger partial charge in [-0.05, 0) is 18.8 Å². The van der Waals surface area contributed by atoms with Crippen LogP contribution in [0.1, 0.15) is 64.2 Å². The fraction of sp³-hybridized carbons (Fsp3) is 0.917. The van der Waals surface area contributed by atoms with Crippen LogP contribution >= 0.6 is 0 Å². The van der Waals surface area contributed by atoms with Crippen molar-refractivity contribution in [2.75, 3.05) is 0 Å². The van der Waals surface area contributed by atoms with Gasteiger partial charge < -0.3 is 5.73 Å². The van der Waals surface area contributed by atoms with Gasteiger partial charge >= 0.3 is 0 Å². The van der Waals surface area contributed by atoms with Gasteiger partial charge in [0.2, 0.25) is 5.91 Å². The minimum Gasteiger partial charge on any atom is -0.370 e. The lowest BCUT2D eigenvalue weighted by Crippen LogP contribution is -2.16. The zero-order valence-electron chi connectivity index (χ0n) is 9.13. The van der Waals surface area contributed by atoms with Crippen molar-refractivity contribution in [3.05, 3.63) is 0 Å². The third kappa shape index (κ3) is 5.25. The Labute approximate surface area is 87.2 Å². The molecule has 0 heterocycles. The highest BCUT2D eigenvalue weighted by Crippen LogP contribution is 2.23. The molecule has 82 valence electrons. The van der Waals surface area contributed by atoms with Crippen molar-refractivity contribution in [3.8, 4) is 0 Å². The van der Waals surface area contributed by atoms with E-state index in [9.17, 15) is 4.79 Å². The van der Waals surface area contributed by atoms with E-state index in [1.165, 1.54) is 57.8 Å². The van der Waals surface area contributed by atoms with Crippen molar-refractivity contribution in [1.29, 1.82) is 0 Å². The molecule has 0 bridgehead atoms. The SMILES string of the molecule is NC(=O)CC1CCCCCCCCC1. The van der Waals surface area contributed by atoms with Gasteiger partial charge in [-0.25, -0.2) is 0 Å². The second-order valence-corrected chi connectivity index (χ2v) is 4.59. The Hall–Kier alpha value is -0.530. The molecule has 1 aliphatic carbocycles. The Morgan fingerprint density at radius 3 is 1.79 bits per heavy atom. The van der Waals surface area contributed by atoms with Crippen LogP contribution in [0, 0.1) is 5.92 Å². The molecule has 0 radical (unpaired) electrons. The number of carbonyl (C=O) groups excluding carboxylic acids is 1. The number of amides is 1. The normalized spacial score (nSPS) is 21.7. The van der Waals surface area contributed by atoms with Gasteiger partial charge in [-0.3, -0.25) is 4.79 Å². The van der Waals surface area contributed by atoms with Crippen molar-refractivity contribution in [1.82, 2.24) is 0 Å². The van der Waals surface area contributed by atoms with Gasteiger partial charge in [0.1, 0.15) is 0 Å². The van der Waals surface area contributed by atoms with Crippen molar-refractivity contribution in [3.63, 3.8) is 0 Å². The van der Waals surface area contributed by atoms with Gasteiger partial charge in [0.25, 0.3) is 0 Å². The summed E-state index contributed by atoms with van der Waals surface area (Å²) in [6.07, 6.45) is 12.5. The quantitative estimate of drug-likeness (QED) is 0.726. The van der Waals surface area contributed by atoms with Gasteiger partial charge in [-0.15, -0.1) is 0 Å². The number of nitrogens with two attached hydrogens (primary N) is 1. The summed E-state index contributed by atoms with van der Waals surface area (Å²) in [4.78, 5) is 10.8. The molecule has 1 saturated carbocycles. The van der Waals surface area contributed by atoms with E-state index >= 15 is 0 Å². The third-order valence-corrected chi connectivity index (χ3v) is 3.21. The lowest BCUT2D eigenvalue weighted by molar-refractivity contribution is -0.119. The maximum Gasteiger partial charge on any atom is 0.217 e. The molecule has 1 fully saturated rings. The fourth-order valence-electron chi connectivity index (χ4n) is 2.38. The summed E-state index contributed by atoms with van der Waals surface area (Å²) in [5, 5.41) is 0. The van der Waals surface area contributed by atoms with E-state index in [4.69, 9.17) is 5.73 Å². The number of rotatable bonds is 2. The lowest BCUT2D eigenvalue weighted by atomic mass is 9.90. The van der Waals surface area contributed by atoms with E-state index in [2.05, 4.69) is 0 Å². The van der Waals surface area contributed by atoms with Crippen LogP contribution in [-0.2, 0) is 4.79 Å². The molecule has 0 aliphatic heterocycles. The van der Waals surface area contributed by atoms with E-state index in [1.54, 1.807) is 0 Å². The first-order valence-corrected chi connectivity index (χ1v) is 6.07. The van der Waals surface area contributed by atoms with Crippen LogP contribution in [0.2, 0.25) is 0 Å². The molecule has 0 unspecified atom stereocenters. The molecule has 1 rings (SSSR count). The second-order valence-electron chi connectivity index (χ2n) is 4.59. The van der Waals surface area contributed by atoms with Crippen LogP contribution in [0.3, 0.4) is 0 Å². The number of primary amides is 1. The summed E-state index contributed by atoms with van der Waals surface area (Å²) < 4.78 is 0. The van der Waals surface area contributed by atoms with Crippen molar-refractivity contribution >= 4 is 5.91 Å². The molecular weight excluding hydrogens is 174 g/mol. The highest BCUT2D eigenvalue weighted by molar-refractivity contribution is 5.73. The van der Waals surface area contributed by atoms with E-state index in [1.807, 2.05) is 0 Å². The molecule has 2 nitrogen and oxygen atoms in total. The molecule has 0 aromatic rings.